The van der Waals surface area contributed by atoms with Gasteiger partial charge in [0.15, 0.2) is 5.13 Å². The van der Waals surface area contributed by atoms with E-state index in [2.05, 4.69) is 15.6 Å². The van der Waals surface area contributed by atoms with E-state index in [0.29, 0.717) is 30.0 Å². The number of benzene rings is 2. The highest BCUT2D eigenvalue weighted by atomic mass is 32.1. The zero-order valence-corrected chi connectivity index (χ0v) is 16.4. The number of nitrogens with one attached hydrogen (secondary N) is 2. The van der Waals surface area contributed by atoms with Gasteiger partial charge in [-0.1, -0.05) is 42.5 Å². The second-order valence-electron chi connectivity index (χ2n) is 6.49. The summed E-state index contributed by atoms with van der Waals surface area (Å²) in [5, 5.41) is 6.15. The lowest BCUT2D eigenvalue weighted by atomic mass is 10.1. The Morgan fingerprint density at radius 2 is 1.93 bits per heavy atom. The van der Waals surface area contributed by atoms with Gasteiger partial charge in [0.1, 0.15) is 5.82 Å². The van der Waals surface area contributed by atoms with E-state index >= 15 is 0 Å². The predicted molar refractivity (Wildman–Crippen MR) is 110 cm³/mol. The maximum atomic E-state index is 13.6. The number of rotatable bonds is 8. The van der Waals surface area contributed by atoms with Crippen LogP contribution in [0.15, 0.2) is 42.5 Å². The zero-order valence-electron chi connectivity index (χ0n) is 15.6. The van der Waals surface area contributed by atoms with E-state index in [1.54, 1.807) is 18.2 Å². The molecule has 28 heavy (non-hydrogen) atoms. The van der Waals surface area contributed by atoms with Gasteiger partial charge in [-0.15, -0.1) is 0 Å². The van der Waals surface area contributed by atoms with Crippen molar-refractivity contribution in [2.75, 3.05) is 5.32 Å². The third-order valence-electron chi connectivity index (χ3n) is 4.25. The van der Waals surface area contributed by atoms with Crippen molar-refractivity contribution < 1.29 is 14.0 Å². The van der Waals surface area contributed by atoms with Crippen molar-refractivity contribution in [3.05, 3.63) is 59.4 Å². The first-order chi connectivity index (χ1) is 13.5. The van der Waals surface area contributed by atoms with Crippen LogP contribution < -0.4 is 10.6 Å². The molecule has 0 saturated heterocycles. The molecule has 0 aliphatic carbocycles. The smallest absolute Gasteiger partial charge is 0.226 e. The summed E-state index contributed by atoms with van der Waals surface area (Å²) in [6.07, 6.45) is 2.16. The number of nitrogens with zero attached hydrogens (tertiary/aromatic N) is 1. The minimum Gasteiger partial charge on any atom is -0.352 e. The molecule has 3 aromatic rings. The highest BCUT2D eigenvalue weighted by Crippen LogP contribution is 2.27. The summed E-state index contributed by atoms with van der Waals surface area (Å²) in [5.74, 6) is -0.478. The van der Waals surface area contributed by atoms with Crippen LogP contribution in [-0.2, 0) is 22.6 Å². The molecule has 7 heteroatoms. The number of thiazole rings is 1. The molecule has 3 rings (SSSR count). The molecule has 2 aromatic carbocycles. The largest absolute Gasteiger partial charge is 0.352 e. The number of anilines is 1. The lowest BCUT2D eigenvalue weighted by Crippen LogP contribution is -2.23. The first-order valence-corrected chi connectivity index (χ1v) is 10.1. The van der Waals surface area contributed by atoms with E-state index in [0.717, 1.165) is 22.2 Å². The maximum absolute atomic E-state index is 13.6. The minimum absolute atomic E-state index is 0.0340. The number of halogens is 1. The minimum atomic E-state index is -0.319. The molecule has 0 spiro atoms. The number of fused-ring (bicyclic) bond motifs is 1. The summed E-state index contributed by atoms with van der Waals surface area (Å²) < 4.78 is 14.5. The van der Waals surface area contributed by atoms with Crippen LogP contribution in [0.1, 0.15) is 37.3 Å². The van der Waals surface area contributed by atoms with E-state index in [9.17, 15) is 14.0 Å². The van der Waals surface area contributed by atoms with Gasteiger partial charge >= 0.3 is 0 Å². The van der Waals surface area contributed by atoms with Gasteiger partial charge in [0.25, 0.3) is 0 Å². The normalized spacial score (nSPS) is 10.8. The topological polar surface area (TPSA) is 71.1 Å². The van der Waals surface area contributed by atoms with Crippen molar-refractivity contribution >= 4 is 38.5 Å². The molecule has 1 aromatic heterocycles. The maximum Gasteiger partial charge on any atom is 0.226 e. The van der Waals surface area contributed by atoms with Crippen LogP contribution in [0, 0.1) is 5.82 Å². The third-order valence-corrected chi connectivity index (χ3v) is 5.18. The number of carbonyl (C=O) groups is 2. The first kappa shape index (κ1) is 19.9. The Hall–Kier alpha value is -2.80. The number of amides is 2. The summed E-state index contributed by atoms with van der Waals surface area (Å²) >= 11 is 1.42. The highest BCUT2D eigenvalue weighted by molar-refractivity contribution is 7.22. The van der Waals surface area contributed by atoms with Gasteiger partial charge in [-0.05, 0) is 36.6 Å². The molecule has 0 bridgehead atoms. The Morgan fingerprint density at radius 1 is 1.11 bits per heavy atom. The van der Waals surface area contributed by atoms with Gasteiger partial charge in [0.2, 0.25) is 11.8 Å². The molecule has 2 amide bonds. The Balaban J connectivity index is 1.54. The summed E-state index contributed by atoms with van der Waals surface area (Å²) in [5.41, 5.74) is 2.31. The van der Waals surface area contributed by atoms with Crippen LogP contribution in [0.4, 0.5) is 9.52 Å². The van der Waals surface area contributed by atoms with E-state index in [4.69, 9.17) is 0 Å². The van der Waals surface area contributed by atoms with Crippen molar-refractivity contribution in [1.82, 2.24) is 10.3 Å². The van der Waals surface area contributed by atoms with Crippen LogP contribution in [-0.4, -0.2) is 16.8 Å². The van der Waals surface area contributed by atoms with Crippen LogP contribution in [0.3, 0.4) is 0 Å². The van der Waals surface area contributed by atoms with Crippen molar-refractivity contribution in [2.45, 2.75) is 39.2 Å². The highest BCUT2D eigenvalue weighted by Gasteiger charge is 2.09. The van der Waals surface area contributed by atoms with Crippen LogP contribution in [0.2, 0.25) is 0 Å². The Bertz CT molecular complexity index is 987. The second kappa shape index (κ2) is 9.41. The number of aromatic nitrogens is 1. The molecule has 0 radical (unpaired) electrons. The Labute approximate surface area is 167 Å². The summed E-state index contributed by atoms with van der Waals surface area (Å²) in [6.45, 7) is 2.14. The van der Waals surface area contributed by atoms with Crippen molar-refractivity contribution in [2.24, 2.45) is 0 Å². The summed E-state index contributed by atoms with van der Waals surface area (Å²) in [4.78, 5) is 28.2. The van der Waals surface area contributed by atoms with Crippen molar-refractivity contribution in [3.8, 4) is 0 Å². The molecule has 5 nitrogen and oxygen atoms in total. The second-order valence-corrected chi connectivity index (χ2v) is 7.52. The lowest BCUT2D eigenvalue weighted by molar-refractivity contribution is -0.121. The fraction of sp³-hybridized carbons (Fsp3) is 0.286. The molecule has 0 saturated carbocycles. The molecule has 146 valence electrons. The van der Waals surface area contributed by atoms with Gasteiger partial charge in [0.05, 0.1) is 10.2 Å². The van der Waals surface area contributed by atoms with E-state index in [-0.39, 0.29) is 24.2 Å². The standard InChI is InChI=1S/C21H22FN3O2S/c1-2-5-20(27)25-21-24-17-10-8-14(12-18(17)28-21)9-11-19(26)23-13-15-6-3-4-7-16(15)22/h3-4,6-8,10,12H,2,5,9,11,13H2,1H3,(H,23,26)(H,24,25,27). The number of carbonyl (C=O) groups excluding carboxylic acids is 2. The molecular weight excluding hydrogens is 377 g/mol. The van der Waals surface area contributed by atoms with E-state index in [1.807, 2.05) is 25.1 Å². The molecule has 0 atom stereocenters. The van der Waals surface area contributed by atoms with E-state index in [1.165, 1.54) is 17.4 Å². The van der Waals surface area contributed by atoms with Gasteiger partial charge in [0, 0.05) is 24.9 Å². The fourth-order valence-electron chi connectivity index (χ4n) is 2.77. The number of hydrogen-bond acceptors (Lipinski definition) is 4. The zero-order chi connectivity index (χ0) is 19.9. The molecule has 2 N–H and O–H groups in total. The quantitative estimate of drug-likeness (QED) is 0.589. The summed E-state index contributed by atoms with van der Waals surface area (Å²) in [7, 11) is 0. The third kappa shape index (κ3) is 5.36. The molecule has 0 fully saturated rings. The first-order valence-electron chi connectivity index (χ1n) is 9.24. The van der Waals surface area contributed by atoms with Crippen LogP contribution in [0.5, 0.6) is 0 Å². The average molecular weight is 399 g/mol. The van der Waals surface area contributed by atoms with Gasteiger partial charge in [-0.25, -0.2) is 9.37 Å². The lowest BCUT2D eigenvalue weighted by Gasteiger charge is -2.06. The molecule has 1 heterocycles. The van der Waals surface area contributed by atoms with Crippen LogP contribution in [0.25, 0.3) is 10.2 Å². The predicted octanol–water partition coefficient (Wildman–Crippen LogP) is 4.42. The molecule has 0 aliphatic heterocycles. The number of hydrogen-bond donors (Lipinski definition) is 2. The van der Waals surface area contributed by atoms with Crippen molar-refractivity contribution in [1.29, 1.82) is 0 Å². The molecular formula is C21H22FN3O2S. The van der Waals surface area contributed by atoms with E-state index < -0.39 is 0 Å². The van der Waals surface area contributed by atoms with Crippen molar-refractivity contribution in [3.63, 3.8) is 0 Å². The molecule has 0 aliphatic rings. The Kier molecular flexibility index (Phi) is 6.71. The average Bonchev–Trinajstić information content (AvgIpc) is 3.07. The number of aryl methyl sites for hydroxylation is 1. The molecule has 0 unspecified atom stereocenters. The van der Waals surface area contributed by atoms with Gasteiger partial charge in [-0.2, -0.15) is 0 Å². The van der Waals surface area contributed by atoms with Crippen LogP contribution >= 0.6 is 11.3 Å². The fourth-order valence-corrected chi connectivity index (χ4v) is 3.71. The monoisotopic (exact) mass is 399 g/mol. The van der Waals surface area contributed by atoms with Gasteiger partial charge < -0.3 is 10.6 Å². The Morgan fingerprint density at radius 3 is 2.71 bits per heavy atom. The SMILES string of the molecule is CCCC(=O)Nc1nc2ccc(CCC(=O)NCc3ccccc3F)cc2s1. The van der Waals surface area contributed by atoms with Gasteiger partial charge in [-0.3, -0.25) is 9.59 Å². The summed E-state index contributed by atoms with van der Waals surface area (Å²) in [6, 6.07) is 12.2.